The molecule has 0 aromatic carbocycles. The van der Waals surface area contributed by atoms with E-state index in [1.807, 2.05) is 13.8 Å². The molecule has 0 unspecified atom stereocenters. The smallest absolute Gasteiger partial charge is 0.266 e. The first-order valence-electron chi connectivity index (χ1n) is 3.60. The van der Waals surface area contributed by atoms with Gasteiger partial charge in [-0.2, -0.15) is 5.10 Å². The first kappa shape index (κ1) is 10.3. The van der Waals surface area contributed by atoms with Crippen LogP contribution < -0.4 is 5.56 Å². The molecular weight excluding hydrogens is 211 g/mol. The van der Waals surface area contributed by atoms with E-state index in [0.29, 0.717) is 0 Å². The van der Waals surface area contributed by atoms with E-state index in [9.17, 15) is 4.79 Å². The molecule has 3 nitrogen and oxygen atoms in total. The first-order valence-corrected chi connectivity index (χ1v) is 4.36. The van der Waals surface area contributed by atoms with Crippen LogP contribution in [-0.2, 0) is 0 Å². The number of allylic oxidation sites excluding steroid dienone is 1. The van der Waals surface area contributed by atoms with Crippen molar-refractivity contribution in [2.45, 2.75) is 13.8 Å². The van der Waals surface area contributed by atoms with Crippen LogP contribution in [0.4, 0.5) is 0 Å². The van der Waals surface area contributed by atoms with E-state index in [2.05, 4.69) is 5.10 Å². The highest BCUT2D eigenvalue weighted by atomic mass is 35.5. The molecule has 5 heteroatoms. The first-order chi connectivity index (χ1) is 6.02. The maximum absolute atomic E-state index is 11.4. The van der Waals surface area contributed by atoms with Crippen molar-refractivity contribution in [3.8, 4) is 0 Å². The minimum absolute atomic E-state index is 0.00540. The predicted molar refractivity (Wildman–Crippen MR) is 54.1 cm³/mol. The van der Waals surface area contributed by atoms with Crippen LogP contribution in [0, 0.1) is 0 Å². The molecule has 70 valence electrons. The summed E-state index contributed by atoms with van der Waals surface area (Å²) < 4.78 is 1.16. The lowest BCUT2D eigenvalue weighted by atomic mass is 10.4. The van der Waals surface area contributed by atoms with E-state index < -0.39 is 5.56 Å². The Balaban J connectivity index is 3.36. The Morgan fingerprint density at radius 1 is 1.54 bits per heavy atom. The Bertz CT molecular complexity index is 405. The summed E-state index contributed by atoms with van der Waals surface area (Å²) in [5.41, 5.74) is 0.545. The molecule has 1 aromatic rings. The van der Waals surface area contributed by atoms with Gasteiger partial charge in [0.15, 0.2) is 0 Å². The molecule has 0 saturated carbocycles. The highest BCUT2D eigenvalue weighted by Crippen LogP contribution is 2.14. The van der Waals surface area contributed by atoms with Crippen molar-refractivity contribution in [2.24, 2.45) is 0 Å². The monoisotopic (exact) mass is 218 g/mol. The minimum atomic E-state index is -0.407. The van der Waals surface area contributed by atoms with Crippen LogP contribution in [0.5, 0.6) is 0 Å². The molecule has 0 fully saturated rings. The van der Waals surface area contributed by atoms with Gasteiger partial charge in [-0.05, 0) is 13.8 Å². The van der Waals surface area contributed by atoms with Crippen LogP contribution in [-0.4, -0.2) is 9.78 Å². The zero-order valence-corrected chi connectivity index (χ0v) is 8.73. The van der Waals surface area contributed by atoms with Gasteiger partial charge in [0.2, 0.25) is 0 Å². The van der Waals surface area contributed by atoms with Crippen molar-refractivity contribution in [3.05, 3.63) is 32.2 Å². The molecular formula is C8H8Cl2N2O. The van der Waals surface area contributed by atoms with E-state index in [1.54, 1.807) is 6.20 Å². The van der Waals surface area contributed by atoms with Crippen LogP contribution in [0.25, 0.3) is 6.20 Å². The molecule has 0 aliphatic rings. The third kappa shape index (κ3) is 2.32. The van der Waals surface area contributed by atoms with Crippen LogP contribution in [0.3, 0.4) is 0 Å². The molecule has 1 aromatic heterocycles. The fraction of sp³-hybridized carbons (Fsp3) is 0.250. The van der Waals surface area contributed by atoms with E-state index in [1.165, 1.54) is 6.20 Å². The Kier molecular flexibility index (Phi) is 3.12. The van der Waals surface area contributed by atoms with Gasteiger partial charge in [-0.3, -0.25) is 4.79 Å². The average molecular weight is 219 g/mol. The Morgan fingerprint density at radius 2 is 2.15 bits per heavy atom. The molecule has 0 spiro atoms. The van der Waals surface area contributed by atoms with Crippen molar-refractivity contribution >= 4 is 29.4 Å². The predicted octanol–water partition coefficient (Wildman–Crippen LogP) is 2.43. The summed E-state index contributed by atoms with van der Waals surface area (Å²) >= 11 is 11.2. The maximum Gasteiger partial charge on any atom is 0.291 e. The van der Waals surface area contributed by atoms with Gasteiger partial charge in [-0.15, -0.1) is 0 Å². The van der Waals surface area contributed by atoms with Gasteiger partial charge in [0.05, 0.1) is 11.2 Å². The summed E-state index contributed by atoms with van der Waals surface area (Å²) in [5.74, 6) is 0. The van der Waals surface area contributed by atoms with E-state index >= 15 is 0 Å². The lowest BCUT2D eigenvalue weighted by Crippen LogP contribution is -2.18. The zero-order chi connectivity index (χ0) is 10.0. The molecule has 0 aliphatic carbocycles. The van der Waals surface area contributed by atoms with Gasteiger partial charge < -0.3 is 0 Å². The number of rotatable bonds is 1. The summed E-state index contributed by atoms with van der Waals surface area (Å²) in [6.45, 7) is 3.72. The Labute approximate surface area is 85.6 Å². The van der Waals surface area contributed by atoms with Crippen molar-refractivity contribution in [3.63, 3.8) is 0 Å². The van der Waals surface area contributed by atoms with E-state index in [4.69, 9.17) is 23.2 Å². The highest BCUT2D eigenvalue weighted by Gasteiger charge is 2.04. The summed E-state index contributed by atoms with van der Waals surface area (Å²) in [6.07, 6.45) is 2.93. The third-order valence-electron chi connectivity index (χ3n) is 1.28. The molecule has 0 radical (unpaired) electrons. The average Bonchev–Trinajstić information content (AvgIpc) is 2.06. The summed E-state index contributed by atoms with van der Waals surface area (Å²) in [7, 11) is 0. The van der Waals surface area contributed by atoms with Gasteiger partial charge >= 0.3 is 0 Å². The SMILES string of the molecule is CC(C)=Cn1ncc(Cl)c(Cl)c1=O. The highest BCUT2D eigenvalue weighted by molar-refractivity contribution is 6.41. The Morgan fingerprint density at radius 3 is 2.69 bits per heavy atom. The van der Waals surface area contributed by atoms with Gasteiger partial charge in [0, 0.05) is 6.20 Å². The van der Waals surface area contributed by atoms with E-state index in [0.717, 1.165) is 10.3 Å². The fourth-order valence-electron chi connectivity index (χ4n) is 0.761. The quantitative estimate of drug-likeness (QED) is 0.726. The summed E-state index contributed by atoms with van der Waals surface area (Å²) in [4.78, 5) is 11.4. The van der Waals surface area contributed by atoms with Crippen molar-refractivity contribution < 1.29 is 0 Å². The molecule has 1 rings (SSSR count). The molecule has 0 saturated heterocycles. The topological polar surface area (TPSA) is 34.9 Å². The van der Waals surface area contributed by atoms with Crippen LogP contribution in [0.1, 0.15) is 13.8 Å². The lowest BCUT2D eigenvalue weighted by molar-refractivity contribution is 0.847. The molecule has 0 amide bonds. The van der Waals surface area contributed by atoms with Crippen molar-refractivity contribution in [1.82, 2.24) is 9.78 Å². The standard InChI is InChI=1S/C8H8Cl2N2O/c1-5(2)4-12-8(13)7(10)6(9)3-11-12/h3-4H,1-2H3. The van der Waals surface area contributed by atoms with Gasteiger partial charge in [-0.1, -0.05) is 28.8 Å². The zero-order valence-electron chi connectivity index (χ0n) is 7.21. The molecule has 0 atom stereocenters. The number of hydrogen-bond acceptors (Lipinski definition) is 2. The molecule has 0 bridgehead atoms. The summed E-state index contributed by atoms with van der Waals surface area (Å²) in [6, 6.07) is 0. The number of halogens is 2. The van der Waals surface area contributed by atoms with Crippen molar-refractivity contribution in [1.29, 1.82) is 0 Å². The molecule has 1 heterocycles. The maximum atomic E-state index is 11.4. The van der Waals surface area contributed by atoms with Gasteiger partial charge in [0.25, 0.3) is 5.56 Å². The number of hydrogen-bond donors (Lipinski definition) is 0. The second-order valence-corrected chi connectivity index (χ2v) is 3.55. The van der Waals surface area contributed by atoms with Gasteiger partial charge in [0.1, 0.15) is 5.02 Å². The second-order valence-electron chi connectivity index (χ2n) is 2.76. The largest absolute Gasteiger partial charge is 0.291 e. The second kappa shape index (κ2) is 3.94. The van der Waals surface area contributed by atoms with Crippen molar-refractivity contribution in [2.75, 3.05) is 0 Å². The van der Waals surface area contributed by atoms with Crippen LogP contribution >= 0.6 is 23.2 Å². The molecule has 0 aliphatic heterocycles. The normalized spacial score (nSPS) is 9.85. The molecule has 0 N–H and O–H groups in total. The Hall–Kier alpha value is -0.800. The molecule has 13 heavy (non-hydrogen) atoms. The number of aromatic nitrogens is 2. The number of nitrogens with zero attached hydrogens (tertiary/aromatic N) is 2. The van der Waals surface area contributed by atoms with Crippen LogP contribution in [0.2, 0.25) is 10.0 Å². The fourth-order valence-corrected chi connectivity index (χ4v) is 1.02. The lowest BCUT2D eigenvalue weighted by Gasteiger charge is -1.99. The summed E-state index contributed by atoms with van der Waals surface area (Å²) in [5, 5.41) is 3.96. The third-order valence-corrected chi connectivity index (χ3v) is 2.03. The van der Waals surface area contributed by atoms with Gasteiger partial charge in [-0.25, -0.2) is 4.68 Å². The minimum Gasteiger partial charge on any atom is -0.266 e. The van der Waals surface area contributed by atoms with E-state index in [-0.39, 0.29) is 10.0 Å². The van der Waals surface area contributed by atoms with Crippen LogP contribution in [0.15, 0.2) is 16.6 Å².